The SMILES string of the molecule is COC(=O)Cc1ccc(OCc2cccc(Br)c2)cc1. The molecule has 0 heterocycles. The van der Waals surface area contributed by atoms with E-state index in [0.717, 1.165) is 21.3 Å². The summed E-state index contributed by atoms with van der Waals surface area (Å²) >= 11 is 3.43. The monoisotopic (exact) mass is 334 g/mol. The first-order valence-electron chi connectivity index (χ1n) is 6.20. The fourth-order valence-corrected chi connectivity index (χ4v) is 2.18. The second-order valence-electron chi connectivity index (χ2n) is 4.32. The molecule has 0 atom stereocenters. The number of hydrogen-bond acceptors (Lipinski definition) is 3. The summed E-state index contributed by atoms with van der Waals surface area (Å²) in [6, 6.07) is 15.4. The van der Waals surface area contributed by atoms with Crippen molar-refractivity contribution < 1.29 is 14.3 Å². The van der Waals surface area contributed by atoms with Crippen molar-refractivity contribution in [3.8, 4) is 5.75 Å². The second-order valence-corrected chi connectivity index (χ2v) is 5.23. The molecule has 0 spiro atoms. The van der Waals surface area contributed by atoms with Gasteiger partial charge in [0, 0.05) is 4.47 Å². The Morgan fingerprint density at radius 1 is 1.10 bits per heavy atom. The fraction of sp³-hybridized carbons (Fsp3) is 0.188. The smallest absolute Gasteiger partial charge is 0.309 e. The van der Waals surface area contributed by atoms with Gasteiger partial charge in [-0.15, -0.1) is 0 Å². The molecule has 0 unspecified atom stereocenters. The average molecular weight is 335 g/mol. The molecule has 0 N–H and O–H groups in total. The molecule has 4 heteroatoms. The van der Waals surface area contributed by atoms with E-state index in [2.05, 4.69) is 20.7 Å². The lowest BCUT2D eigenvalue weighted by Crippen LogP contribution is -2.04. The largest absolute Gasteiger partial charge is 0.489 e. The normalized spacial score (nSPS) is 10.1. The van der Waals surface area contributed by atoms with Crippen LogP contribution in [0, 0.1) is 0 Å². The fourth-order valence-electron chi connectivity index (χ4n) is 1.74. The van der Waals surface area contributed by atoms with Gasteiger partial charge in [-0.2, -0.15) is 0 Å². The third-order valence-electron chi connectivity index (χ3n) is 2.79. The Morgan fingerprint density at radius 2 is 1.85 bits per heavy atom. The molecule has 20 heavy (non-hydrogen) atoms. The zero-order valence-corrected chi connectivity index (χ0v) is 12.7. The van der Waals surface area contributed by atoms with E-state index in [4.69, 9.17) is 4.74 Å². The number of benzene rings is 2. The number of rotatable bonds is 5. The van der Waals surface area contributed by atoms with Gasteiger partial charge in [-0.05, 0) is 35.4 Å². The third-order valence-corrected chi connectivity index (χ3v) is 3.29. The van der Waals surface area contributed by atoms with Gasteiger partial charge in [0.25, 0.3) is 0 Å². The van der Waals surface area contributed by atoms with Crippen LogP contribution in [0.3, 0.4) is 0 Å². The average Bonchev–Trinajstić information content (AvgIpc) is 2.46. The van der Waals surface area contributed by atoms with Crippen molar-refractivity contribution in [3.05, 3.63) is 64.1 Å². The second kappa shape index (κ2) is 7.10. The van der Waals surface area contributed by atoms with E-state index in [1.165, 1.54) is 7.11 Å². The summed E-state index contributed by atoms with van der Waals surface area (Å²) < 4.78 is 11.4. The summed E-state index contributed by atoms with van der Waals surface area (Å²) in [6.07, 6.45) is 0.280. The highest BCUT2D eigenvalue weighted by molar-refractivity contribution is 9.10. The molecular formula is C16H15BrO3. The molecule has 3 nitrogen and oxygen atoms in total. The van der Waals surface area contributed by atoms with Crippen molar-refractivity contribution in [2.45, 2.75) is 13.0 Å². The minimum Gasteiger partial charge on any atom is -0.489 e. The van der Waals surface area contributed by atoms with E-state index in [1.807, 2.05) is 48.5 Å². The van der Waals surface area contributed by atoms with Crippen molar-refractivity contribution in [1.82, 2.24) is 0 Å². The van der Waals surface area contributed by atoms with Gasteiger partial charge in [-0.1, -0.05) is 40.2 Å². The number of carbonyl (C=O) groups excluding carboxylic acids is 1. The molecule has 0 saturated heterocycles. The first-order chi connectivity index (χ1) is 9.67. The maximum atomic E-state index is 11.2. The molecule has 2 aromatic rings. The van der Waals surface area contributed by atoms with Crippen LogP contribution >= 0.6 is 15.9 Å². The van der Waals surface area contributed by atoms with Crippen molar-refractivity contribution in [1.29, 1.82) is 0 Å². The molecule has 104 valence electrons. The van der Waals surface area contributed by atoms with Gasteiger partial charge in [0.2, 0.25) is 0 Å². The Bertz CT molecular complexity index is 579. The van der Waals surface area contributed by atoms with Crippen LogP contribution < -0.4 is 4.74 Å². The Kier molecular flexibility index (Phi) is 5.18. The van der Waals surface area contributed by atoms with Crippen LogP contribution in [-0.2, 0) is 22.6 Å². The molecule has 2 rings (SSSR count). The van der Waals surface area contributed by atoms with Gasteiger partial charge < -0.3 is 9.47 Å². The molecule has 0 aromatic heterocycles. The Morgan fingerprint density at radius 3 is 2.50 bits per heavy atom. The lowest BCUT2D eigenvalue weighted by atomic mass is 10.1. The van der Waals surface area contributed by atoms with E-state index < -0.39 is 0 Å². The summed E-state index contributed by atoms with van der Waals surface area (Å²) in [5.74, 6) is 0.534. The molecule has 0 aliphatic heterocycles. The molecule has 0 saturated carbocycles. The third kappa shape index (κ3) is 4.38. The van der Waals surface area contributed by atoms with Gasteiger partial charge >= 0.3 is 5.97 Å². The molecule has 0 bridgehead atoms. The van der Waals surface area contributed by atoms with Crippen molar-refractivity contribution in [2.24, 2.45) is 0 Å². The van der Waals surface area contributed by atoms with Crippen LogP contribution in [-0.4, -0.2) is 13.1 Å². The Balaban J connectivity index is 1.92. The van der Waals surface area contributed by atoms with Crippen LogP contribution in [0.15, 0.2) is 53.0 Å². The van der Waals surface area contributed by atoms with Crippen molar-refractivity contribution in [2.75, 3.05) is 7.11 Å². The number of halogens is 1. The van der Waals surface area contributed by atoms with Crippen LogP contribution in [0.4, 0.5) is 0 Å². The number of hydrogen-bond donors (Lipinski definition) is 0. The molecule has 0 radical (unpaired) electrons. The Labute approximate surface area is 126 Å². The summed E-state index contributed by atoms with van der Waals surface area (Å²) in [6.45, 7) is 0.510. The number of methoxy groups -OCH3 is 1. The molecule has 2 aromatic carbocycles. The highest BCUT2D eigenvalue weighted by Gasteiger charge is 2.03. The van der Waals surface area contributed by atoms with Gasteiger partial charge in [-0.3, -0.25) is 4.79 Å². The summed E-state index contributed by atoms with van der Waals surface area (Å²) in [7, 11) is 1.39. The van der Waals surface area contributed by atoms with Crippen LogP contribution in [0.5, 0.6) is 5.75 Å². The molecule has 0 aliphatic carbocycles. The summed E-state index contributed by atoms with van der Waals surface area (Å²) in [5, 5.41) is 0. The van der Waals surface area contributed by atoms with Gasteiger partial charge in [0.05, 0.1) is 13.5 Å². The van der Waals surface area contributed by atoms with Crippen LogP contribution in [0.1, 0.15) is 11.1 Å². The maximum absolute atomic E-state index is 11.2. The highest BCUT2D eigenvalue weighted by atomic mass is 79.9. The minimum atomic E-state index is -0.243. The van der Waals surface area contributed by atoms with Crippen LogP contribution in [0.25, 0.3) is 0 Å². The standard InChI is InChI=1S/C16H15BrO3/c1-19-16(18)10-12-5-7-15(8-6-12)20-11-13-3-2-4-14(17)9-13/h2-9H,10-11H2,1H3. The molecule has 0 aliphatic rings. The predicted molar refractivity (Wildman–Crippen MR) is 80.6 cm³/mol. The van der Waals surface area contributed by atoms with Crippen molar-refractivity contribution >= 4 is 21.9 Å². The minimum absolute atomic E-state index is 0.243. The number of carbonyl (C=O) groups is 1. The number of esters is 1. The van der Waals surface area contributed by atoms with E-state index in [0.29, 0.717) is 6.61 Å². The lowest BCUT2D eigenvalue weighted by Gasteiger charge is -2.07. The number of ether oxygens (including phenoxy) is 2. The van der Waals surface area contributed by atoms with E-state index in [1.54, 1.807) is 0 Å². The maximum Gasteiger partial charge on any atom is 0.309 e. The topological polar surface area (TPSA) is 35.5 Å². The zero-order chi connectivity index (χ0) is 14.4. The first kappa shape index (κ1) is 14.6. The highest BCUT2D eigenvalue weighted by Crippen LogP contribution is 2.17. The Hall–Kier alpha value is -1.81. The van der Waals surface area contributed by atoms with Gasteiger partial charge in [0.1, 0.15) is 12.4 Å². The quantitative estimate of drug-likeness (QED) is 0.781. The van der Waals surface area contributed by atoms with Gasteiger partial charge in [-0.25, -0.2) is 0 Å². The summed E-state index contributed by atoms with van der Waals surface area (Å²) in [4.78, 5) is 11.2. The predicted octanol–water partition coefficient (Wildman–Crippen LogP) is 3.74. The van der Waals surface area contributed by atoms with Crippen LogP contribution in [0.2, 0.25) is 0 Å². The summed E-state index contributed by atoms with van der Waals surface area (Å²) in [5.41, 5.74) is 2.00. The first-order valence-corrected chi connectivity index (χ1v) is 6.99. The molecule has 0 amide bonds. The van der Waals surface area contributed by atoms with E-state index in [-0.39, 0.29) is 12.4 Å². The van der Waals surface area contributed by atoms with E-state index in [9.17, 15) is 4.79 Å². The molecular weight excluding hydrogens is 320 g/mol. The molecule has 0 fully saturated rings. The van der Waals surface area contributed by atoms with E-state index >= 15 is 0 Å². The lowest BCUT2D eigenvalue weighted by molar-refractivity contribution is -0.139. The van der Waals surface area contributed by atoms with Crippen molar-refractivity contribution in [3.63, 3.8) is 0 Å². The van der Waals surface area contributed by atoms with Gasteiger partial charge in [0.15, 0.2) is 0 Å². The zero-order valence-electron chi connectivity index (χ0n) is 11.1.